The summed E-state index contributed by atoms with van der Waals surface area (Å²) in [5.74, 6) is 0.540. The van der Waals surface area contributed by atoms with Gasteiger partial charge < -0.3 is 10.1 Å². The normalized spacial score (nSPS) is 23.0. The maximum atomic E-state index is 12.1. The van der Waals surface area contributed by atoms with Gasteiger partial charge in [-0.3, -0.25) is 0 Å². The summed E-state index contributed by atoms with van der Waals surface area (Å²) in [7, 11) is -3.35. The summed E-state index contributed by atoms with van der Waals surface area (Å²) < 4.78 is 32.2. The molecule has 0 aromatic heterocycles. The van der Waals surface area contributed by atoms with Crippen LogP contribution in [0.5, 0.6) is 0 Å². The zero-order valence-corrected chi connectivity index (χ0v) is 12.9. The molecule has 1 atom stereocenters. The third-order valence-corrected chi connectivity index (χ3v) is 5.45. The molecule has 1 aromatic rings. The molecule has 1 unspecified atom stereocenters. The second kappa shape index (κ2) is 6.34. The van der Waals surface area contributed by atoms with Crippen LogP contribution in [0.15, 0.2) is 29.2 Å². The lowest BCUT2D eigenvalue weighted by Gasteiger charge is -2.22. The molecule has 3 rings (SSSR count). The van der Waals surface area contributed by atoms with Crippen LogP contribution in [0.25, 0.3) is 0 Å². The summed E-state index contributed by atoms with van der Waals surface area (Å²) >= 11 is 0. The molecule has 2 fully saturated rings. The van der Waals surface area contributed by atoms with E-state index in [0.29, 0.717) is 10.8 Å². The van der Waals surface area contributed by atoms with Gasteiger partial charge in [-0.15, -0.1) is 0 Å². The Hall–Kier alpha value is -1.11. The first-order valence-corrected chi connectivity index (χ1v) is 9.06. The van der Waals surface area contributed by atoms with Gasteiger partial charge in [-0.1, -0.05) is 0 Å². The monoisotopic (exact) mass is 310 g/mol. The Bertz CT molecular complexity index is 561. The second-order valence-electron chi connectivity index (χ2n) is 5.88. The Morgan fingerprint density at radius 3 is 2.52 bits per heavy atom. The predicted molar refractivity (Wildman–Crippen MR) is 81.8 cm³/mol. The van der Waals surface area contributed by atoms with Crippen molar-refractivity contribution in [2.45, 2.75) is 36.6 Å². The standard InChI is InChI=1S/C15H22N2O3S/c18-21(19,17-14-3-4-14)15-7-5-13(6-8-15)16-10-12-2-1-9-20-11-12/h5-8,12,14,16-17H,1-4,9-11H2. The Morgan fingerprint density at radius 2 is 1.90 bits per heavy atom. The van der Waals surface area contributed by atoms with E-state index in [-0.39, 0.29) is 6.04 Å². The van der Waals surface area contributed by atoms with Crippen molar-refractivity contribution in [3.63, 3.8) is 0 Å². The van der Waals surface area contributed by atoms with Gasteiger partial charge in [0.25, 0.3) is 0 Å². The van der Waals surface area contributed by atoms with Gasteiger partial charge in [0.05, 0.1) is 11.5 Å². The minimum atomic E-state index is -3.35. The van der Waals surface area contributed by atoms with Crippen LogP contribution >= 0.6 is 0 Å². The lowest BCUT2D eigenvalue weighted by molar-refractivity contribution is 0.0595. The summed E-state index contributed by atoms with van der Waals surface area (Å²) in [6, 6.07) is 7.10. The Morgan fingerprint density at radius 1 is 1.14 bits per heavy atom. The Balaban J connectivity index is 1.55. The van der Waals surface area contributed by atoms with Crippen molar-refractivity contribution in [2.75, 3.05) is 25.1 Å². The van der Waals surface area contributed by atoms with E-state index in [2.05, 4.69) is 10.0 Å². The van der Waals surface area contributed by atoms with Crippen molar-refractivity contribution in [3.05, 3.63) is 24.3 Å². The summed E-state index contributed by atoms with van der Waals surface area (Å²) in [6.45, 7) is 2.55. The van der Waals surface area contributed by atoms with Gasteiger partial charge in [0.15, 0.2) is 0 Å². The highest BCUT2D eigenvalue weighted by Crippen LogP contribution is 2.23. The zero-order valence-electron chi connectivity index (χ0n) is 12.0. The number of benzene rings is 1. The van der Waals surface area contributed by atoms with E-state index >= 15 is 0 Å². The molecule has 21 heavy (non-hydrogen) atoms. The first kappa shape index (κ1) is 14.8. The van der Waals surface area contributed by atoms with Crippen LogP contribution in [0.2, 0.25) is 0 Å². The van der Waals surface area contributed by atoms with Gasteiger partial charge >= 0.3 is 0 Å². The molecule has 1 saturated heterocycles. The number of ether oxygens (including phenoxy) is 1. The molecule has 1 aromatic carbocycles. The number of hydrogen-bond acceptors (Lipinski definition) is 4. The Kier molecular flexibility index (Phi) is 4.47. The molecule has 1 heterocycles. The van der Waals surface area contributed by atoms with Crippen LogP contribution in [0, 0.1) is 5.92 Å². The second-order valence-corrected chi connectivity index (χ2v) is 7.60. The maximum Gasteiger partial charge on any atom is 0.240 e. The molecule has 0 bridgehead atoms. The van der Waals surface area contributed by atoms with E-state index in [0.717, 1.165) is 44.7 Å². The molecule has 0 radical (unpaired) electrons. The van der Waals surface area contributed by atoms with Crippen molar-refractivity contribution < 1.29 is 13.2 Å². The lowest BCUT2D eigenvalue weighted by atomic mass is 10.0. The molecule has 6 heteroatoms. The van der Waals surface area contributed by atoms with Gasteiger partial charge in [-0.25, -0.2) is 13.1 Å². The van der Waals surface area contributed by atoms with Crippen LogP contribution in [0.1, 0.15) is 25.7 Å². The third-order valence-electron chi connectivity index (χ3n) is 3.91. The van der Waals surface area contributed by atoms with Gasteiger partial charge in [0.1, 0.15) is 0 Å². The molecule has 1 aliphatic heterocycles. The molecular formula is C15H22N2O3S. The van der Waals surface area contributed by atoms with Crippen molar-refractivity contribution in [1.82, 2.24) is 4.72 Å². The molecule has 1 saturated carbocycles. The Labute approximate surface area is 126 Å². The van der Waals surface area contributed by atoms with Crippen LogP contribution in [-0.2, 0) is 14.8 Å². The summed E-state index contributed by atoms with van der Waals surface area (Å²) in [6.07, 6.45) is 4.20. The lowest BCUT2D eigenvalue weighted by Crippen LogP contribution is -2.26. The molecule has 0 spiro atoms. The van der Waals surface area contributed by atoms with Crippen molar-refractivity contribution in [2.24, 2.45) is 5.92 Å². The van der Waals surface area contributed by atoms with Gasteiger partial charge in [-0.05, 0) is 55.9 Å². The highest BCUT2D eigenvalue weighted by molar-refractivity contribution is 7.89. The van der Waals surface area contributed by atoms with Crippen LogP contribution in [-0.4, -0.2) is 34.2 Å². The number of anilines is 1. The zero-order chi connectivity index (χ0) is 14.7. The first-order chi connectivity index (χ1) is 10.1. The number of hydrogen-bond donors (Lipinski definition) is 2. The smallest absolute Gasteiger partial charge is 0.240 e. The van der Waals surface area contributed by atoms with Gasteiger partial charge in [-0.2, -0.15) is 0 Å². The molecule has 2 aliphatic rings. The van der Waals surface area contributed by atoms with Gasteiger partial charge in [0.2, 0.25) is 10.0 Å². The molecule has 116 valence electrons. The summed E-state index contributed by atoms with van der Waals surface area (Å²) in [5, 5.41) is 3.35. The predicted octanol–water partition coefficient (Wildman–Crippen LogP) is 1.97. The van der Waals surface area contributed by atoms with E-state index in [9.17, 15) is 8.42 Å². The molecule has 5 nitrogen and oxygen atoms in total. The fraction of sp³-hybridized carbons (Fsp3) is 0.600. The van der Waals surface area contributed by atoms with E-state index in [4.69, 9.17) is 4.74 Å². The van der Waals surface area contributed by atoms with Crippen LogP contribution < -0.4 is 10.0 Å². The van der Waals surface area contributed by atoms with Gasteiger partial charge in [0, 0.05) is 24.9 Å². The van der Waals surface area contributed by atoms with E-state index < -0.39 is 10.0 Å². The minimum Gasteiger partial charge on any atom is -0.385 e. The van der Waals surface area contributed by atoms with Crippen molar-refractivity contribution in [3.8, 4) is 0 Å². The third kappa shape index (κ3) is 4.18. The van der Waals surface area contributed by atoms with E-state index in [1.54, 1.807) is 12.1 Å². The minimum absolute atomic E-state index is 0.138. The summed E-state index contributed by atoms with van der Waals surface area (Å²) in [5.41, 5.74) is 0.950. The molecule has 2 N–H and O–H groups in total. The highest BCUT2D eigenvalue weighted by atomic mass is 32.2. The number of sulfonamides is 1. The van der Waals surface area contributed by atoms with Crippen LogP contribution in [0.3, 0.4) is 0 Å². The number of nitrogens with one attached hydrogen (secondary N) is 2. The SMILES string of the molecule is O=S(=O)(NC1CC1)c1ccc(NCC2CCCOC2)cc1. The topological polar surface area (TPSA) is 67.4 Å². The van der Waals surface area contributed by atoms with Crippen molar-refractivity contribution >= 4 is 15.7 Å². The molecule has 0 amide bonds. The van der Waals surface area contributed by atoms with Crippen molar-refractivity contribution in [1.29, 1.82) is 0 Å². The highest BCUT2D eigenvalue weighted by Gasteiger charge is 2.27. The largest absolute Gasteiger partial charge is 0.385 e. The molecular weight excluding hydrogens is 288 g/mol. The fourth-order valence-corrected chi connectivity index (χ4v) is 3.78. The number of rotatable bonds is 6. The quantitative estimate of drug-likeness (QED) is 0.843. The van der Waals surface area contributed by atoms with E-state index in [1.165, 1.54) is 6.42 Å². The van der Waals surface area contributed by atoms with Crippen LogP contribution in [0.4, 0.5) is 5.69 Å². The average Bonchev–Trinajstić information content (AvgIpc) is 3.30. The maximum absolute atomic E-state index is 12.1. The summed E-state index contributed by atoms with van der Waals surface area (Å²) in [4.78, 5) is 0.334. The first-order valence-electron chi connectivity index (χ1n) is 7.57. The van der Waals surface area contributed by atoms with E-state index in [1.807, 2.05) is 12.1 Å². The average molecular weight is 310 g/mol. The molecule has 1 aliphatic carbocycles. The fourth-order valence-electron chi connectivity index (χ4n) is 2.47.